The first kappa shape index (κ1) is 21.9. The third-order valence-corrected chi connectivity index (χ3v) is 8.21. The van der Waals surface area contributed by atoms with Gasteiger partial charge in [-0.25, -0.2) is 0 Å². The molecule has 4 aromatic carbocycles. The Bertz CT molecular complexity index is 2380. The van der Waals surface area contributed by atoms with Crippen molar-refractivity contribution in [2.45, 2.75) is 57.5 Å². The van der Waals surface area contributed by atoms with E-state index in [2.05, 4.69) is 76.7 Å². The molecular formula is C42H38IrN2S-2. The van der Waals surface area contributed by atoms with E-state index >= 15 is 0 Å². The number of aromatic nitrogens is 2. The van der Waals surface area contributed by atoms with Gasteiger partial charge in [-0.2, -0.15) is 0 Å². The predicted molar refractivity (Wildman–Crippen MR) is 189 cm³/mol. The molecule has 1 aliphatic rings. The molecule has 2 nitrogen and oxygen atoms in total. The van der Waals surface area contributed by atoms with Crippen molar-refractivity contribution in [2.24, 2.45) is 5.41 Å². The van der Waals surface area contributed by atoms with E-state index in [0.717, 1.165) is 27.9 Å². The molecule has 0 amide bonds. The molecule has 6 aromatic rings. The van der Waals surface area contributed by atoms with Crippen molar-refractivity contribution >= 4 is 11.8 Å². The maximum absolute atomic E-state index is 8.65. The second-order valence-corrected chi connectivity index (χ2v) is 12.8. The first-order chi connectivity index (χ1) is 26.1. The summed E-state index contributed by atoms with van der Waals surface area (Å²) < 4.78 is 84.2. The van der Waals surface area contributed by atoms with Gasteiger partial charge in [-0.05, 0) is 71.3 Å². The average Bonchev–Trinajstić information content (AvgIpc) is 3.28. The van der Waals surface area contributed by atoms with Gasteiger partial charge in [0.1, 0.15) is 0 Å². The molecule has 1 aliphatic heterocycles. The quantitative estimate of drug-likeness (QED) is 0.166. The van der Waals surface area contributed by atoms with Crippen LogP contribution in [0.5, 0.6) is 0 Å². The molecule has 46 heavy (non-hydrogen) atoms. The van der Waals surface area contributed by atoms with Crippen molar-refractivity contribution in [1.29, 1.82) is 0 Å². The molecule has 0 spiro atoms. The molecule has 2 aromatic heterocycles. The van der Waals surface area contributed by atoms with Gasteiger partial charge < -0.3 is 9.97 Å². The third kappa shape index (κ3) is 7.76. The molecule has 7 rings (SSSR count). The van der Waals surface area contributed by atoms with Crippen LogP contribution in [0, 0.1) is 38.1 Å². The fourth-order valence-electron chi connectivity index (χ4n) is 5.05. The summed E-state index contributed by atoms with van der Waals surface area (Å²) in [6.07, 6.45) is 1.25. The standard InChI is InChI=1S/C28H24NS.C14H14N.Ir/c1-28(2,3)18-19-14-15-29-25(16-19)20-12-13-27-24(17-20)22-9-5-4-8-21(22)23-10-6-7-11-26(23)30-27;1-10-4-6-13(7-5-10)14-8-11(2)12(3)9-15-14;/h4-11,13-17H,18H2,1-3H3;4-6,8-9H,1-3H3;/q2*-1;/i18D2;1D3,2D3,3D3;. The zero-order chi connectivity index (χ0) is 40.8. The van der Waals surface area contributed by atoms with Gasteiger partial charge in [0.15, 0.2) is 0 Å². The van der Waals surface area contributed by atoms with E-state index in [1.54, 1.807) is 24.0 Å². The molecule has 1 radical (unpaired) electrons. The van der Waals surface area contributed by atoms with E-state index in [0.29, 0.717) is 11.1 Å². The van der Waals surface area contributed by atoms with E-state index in [1.807, 2.05) is 32.9 Å². The number of pyridine rings is 2. The molecule has 0 unspecified atom stereocenters. The van der Waals surface area contributed by atoms with E-state index < -0.39 is 32.3 Å². The van der Waals surface area contributed by atoms with Gasteiger partial charge in [0.25, 0.3) is 0 Å². The van der Waals surface area contributed by atoms with Gasteiger partial charge in [0.2, 0.25) is 0 Å². The fraction of sp³-hybridized carbons (Fsp3) is 0.190. The molecule has 0 saturated carbocycles. The zero-order valence-corrected chi connectivity index (χ0v) is 28.7. The van der Waals surface area contributed by atoms with Crippen LogP contribution in [0.25, 0.3) is 44.8 Å². The largest absolute Gasteiger partial charge is 0.305 e. The number of rotatable bonds is 3. The van der Waals surface area contributed by atoms with Crippen LogP contribution >= 0.6 is 11.8 Å². The first-order valence-electron chi connectivity index (χ1n) is 20.0. The van der Waals surface area contributed by atoms with E-state index in [-0.39, 0.29) is 42.5 Å². The summed E-state index contributed by atoms with van der Waals surface area (Å²) in [6, 6.07) is 36.3. The number of hydrogen-bond acceptors (Lipinski definition) is 3. The van der Waals surface area contributed by atoms with E-state index in [1.165, 1.54) is 45.9 Å². The van der Waals surface area contributed by atoms with Gasteiger partial charge in [-0.1, -0.05) is 104 Å². The molecular weight excluding hydrogens is 757 g/mol. The first-order valence-corrected chi connectivity index (χ1v) is 15.3. The predicted octanol–water partition coefficient (Wildman–Crippen LogP) is 11.4. The Kier molecular flexibility index (Phi) is 6.80. The number of benzene rings is 4. The monoisotopic (exact) mass is 806 g/mol. The third-order valence-electron chi connectivity index (χ3n) is 7.08. The minimum absolute atomic E-state index is 0. The van der Waals surface area contributed by atoms with Crippen molar-refractivity contribution in [3.63, 3.8) is 0 Å². The fourth-order valence-corrected chi connectivity index (χ4v) is 6.11. The number of nitrogens with zero attached hydrogens (tertiary/aromatic N) is 2. The van der Waals surface area contributed by atoms with Crippen molar-refractivity contribution in [1.82, 2.24) is 9.97 Å². The Morgan fingerprint density at radius 2 is 1.41 bits per heavy atom. The molecule has 233 valence electrons. The van der Waals surface area contributed by atoms with Gasteiger partial charge in [-0.15, -0.1) is 70.9 Å². The zero-order valence-electron chi connectivity index (χ0n) is 36.5. The summed E-state index contributed by atoms with van der Waals surface area (Å²) in [5.74, 6) is 0. The van der Waals surface area contributed by atoms with Crippen molar-refractivity contribution in [3.05, 3.63) is 144 Å². The van der Waals surface area contributed by atoms with Gasteiger partial charge >= 0.3 is 0 Å². The minimum atomic E-state index is -2.61. The van der Waals surface area contributed by atoms with Crippen LogP contribution < -0.4 is 0 Å². The van der Waals surface area contributed by atoms with Gasteiger partial charge in [-0.3, -0.25) is 0 Å². The van der Waals surface area contributed by atoms with Crippen LogP contribution in [0.1, 0.15) is 58.1 Å². The second kappa shape index (κ2) is 14.3. The van der Waals surface area contributed by atoms with Crippen LogP contribution in [-0.2, 0) is 26.5 Å². The summed E-state index contributed by atoms with van der Waals surface area (Å²) in [7, 11) is 0. The molecule has 0 atom stereocenters. The SMILES string of the molecule is [2H]C([2H])([2H])c1c[c-]c(-c2cc(C([2H])([2H])[2H])c(C([2H])([2H])[2H])cn2)cc1.[2H]C([2H])(c1ccnc(-c2[c-]cc3c(c2)-c2ccccc2-c2ccccc2S3)c1)C(C)(C)C.[Ir]. The summed E-state index contributed by atoms with van der Waals surface area (Å²) in [4.78, 5) is 11.0. The number of fused-ring (bicyclic) bond motifs is 5. The number of hydrogen-bond donors (Lipinski definition) is 0. The normalized spacial score (nSPS) is 16.2. The maximum Gasteiger partial charge on any atom is 0.0321 e. The topological polar surface area (TPSA) is 25.8 Å². The maximum atomic E-state index is 8.65. The summed E-state index contributed by atoms with van der Waals surface area (Å²) in [5.41, 5.74) is 6.59. The molecule has 0 N–H and O–H groups in total. The van der Waals surface area contributed by atoms with Crippen LogP contribution in [0.15, 0.2) is 119 Å². The molecule has 3 heterocycles. The van der Waals surface area contributed by atoms with Crippen LogP contribution in [0.3, 0.4) is 0 Å². The Balaban J connectivity index is 0.000000223. The summed E-state index contributed by atoms with van der Waals surface area (Å²) in [6.45, 7) is -1.70. The van der Waals surface area contributed by atoms with Crippen molar-refractivity contribution < 1.29 is 35.2 Å². The van der Waals surface area contributed by atoms with E-state index in [9.17, 15) is 0 Å². The molecule has 4 heteroatoms. The van der Waals surface area contributed by atoms with Gasteiger partial charge in [0, 0.05) is 52.5 Å². The molecule has 0 aliphatic carbocycles. The second-order valence-electron chi connectivity index (χ2n) is 11.7. The van der Waals surface area contributed by atoms with Crippen molar-refractivity contribution in [3.8, 4) is 44.8 Å². The Hall–Kier alpha value is -3.82. The Labute approximate surface area is 307 Å². The average molecular weight is 806 g/mol. The van der Waals surface area contributed by atoms with E-state index in [4.69, 9.17) is 15.1 Å². The number of aryl methyl sites for hydroxylation is 3. The molecule has 0 bridgehead atoms. The molecule has 0 saturated heterocycles. The minimum Gasteiger partial charge on any atom is -0.305 e. The van der Waals surface area contributed by atoms with Crippen molar-refractivity contribution in [2.75, 3.05) is 0 Å². The molecule has 0 fully saturated rings. The van der Waals surface area contributed by atoms with Crippen LogP contribution in [0.2, 0.25) is 0 Å². The van der Waals surface area contributed by atoms with Crippen LogP contribution in [-0.4, -0.2) is 9.97 Å². The van der Waals surface area contributed by atoms with Crippen LogP contribution in [0.4, 0.5) is 0 Å². The summed E-state index contributed by atoms with van der Waals surface area (Å²) >= 11 is 1.76. The van der Waals surface area contributed by atoms with Gasteiger partial charge in [0.05, 0.1) is 0 Å². The smallest absolute Gasteiger partial charge is 0.0321 e. The summed E-state index contributed by atoms with van der Waals surface area (Å²) in [5, 5.41) is 0. The Morgan fingerprint density at radius 1 is 0.696 bits per heavy atom. The Morgan fingerprint density at radius 3 is 2.13 bits per heavy atom.